The molecule has 102 valence electrons. The number of aliphatic hydroxyl groups is 1. The summed E-state index contributed by atoms with van der Waals surface area (Å²) in [4.78, 5) is 2.25. The number of aliphatic hydroxyl groups excluding tert-OH is 1. The molecule has 6 heteroatoms. The molecule has 1 aromatic heterocycles. The van der Waals surface area contributed by atoms with Crippen molar-refractivity contribution in [2.45, 2.75) is 32.6 Å². The summed E-state index contributed by atoms with van der Waals surface area (Å²) in [5.41, 5.74) is 2.02. The second-order valence-electron chi connectivity index (χ2n) is 4.92. The van der Waals surface area contributed by atoms with E-state index < -0.39 is 0 Å². The zero-order chi connectivity index (χ0) is 13.3. The predicted molar refractivity (Wildman–Crippen MR) is 69.7 cm³/mol. The van der Waals surface area contributed by atoms with Crippen molar-refractivity contribution >= 4 is 11.6 Å². The largest absolute Gasteiger partial charge is 0.394 e. The maximum atomic E-state index is 9.21. The maximum absolute atomic E-state index is 9.21. The molecule has 2 rings (SSSR count). The average Bonchev–Trinajstić information content (AvgIpc) is 2.55. The second kappa shape index (κ2) is 5.57. The van der Waals surface area contributed by atoms with Crippen molar-refractivity contribution in [3.8, 4) is 0 Å². The van der Waals surface area contributed by atoms with Crippen LogP contribution in [-0.4, -0.2) is 51.7 Å². The van der Waals surface area contributed by atoms with Crippen molar-refractivity contribution in [3.05, 3.63) is 16.4 Å². The standard InChI is InChI=1S/C12H20ClN3O2/c1-8-4-16(5-10(7-17)18-8)6-11-9(2)14-15(3)12(11)13/h8,10,17H,4-7H2,1-3H3. The summed E-state index contributed by atoms with van der Waals surface area (Å²) in [6.45, 7) is 6.37. The van der Waals surface area contributed by atoms with Gasteiger partial charge in [-0.25, -0.2) is 0 Å². The number of ether oxygens (including phenoxy) is 1. The van der Waals surface area contributed by atoms with E-state index in [1.165, 1.54) is 0 Å². The van der Waals surface area contributed by atoms with Crippen LogP contribution in [0.5, 0.6) is 0 Å². The molecule has 18 heavy (non-hydrogen) atoms. The van der Waals surface area contributed by atoms with Crippen LogP contribution in [0, 0.1) is 6.92 Å². The average molecular weight is 274 g/mol. The lowest BCUT2D eigenvalue weighted by Crippen LogP contribution is -2.47. The van der Waals surface area contributed by atoms with Gasteiger partial charge in [0.1, 0.15) is 5.15 Å². The van der Waals surface area contributed by atoms with Gasteiger partial charge in [-0.1, -0.05) is 11.6 Å². The van der Waals surface area contributed by atoms with Gasteiger partial charge in [0.05, 0.1) is 24.5 Å². The SMILES string of the molecule is Cc1nn(C)c(Cl)c1CN1CC(C)OC(CO)C1. The van der Waals surface area contributed by atoms with Gasteiger partial charge in [0.15, 0.2) is 0 Å². The number of halogens is 1. The van der Waals surface area contributed by atoms with Crippen molar-refractivity contribution < 1.29 is 9.84 Å². The van der Waals surface area contributed by atoms with E-state index in [0.29, 0.717) is 5.15 Å². The highest BCUT2D eigenvalue weighted by molar-refractivity contribution is 6.30. The highest BCUT2D eigenvalue weighted by Gasteiger charge is 2.26. The van der Waals surface area contributed by atoms with Crippen molar-refractivity contribution in [3.63, 3.8) is 0 Å². The van der Waals surface area contributed by atoms with Crippen LogP contribution in [0.4, 0.5) is 0 Å². The van der Waals surface area contributed by atoms with Crippen LogP contribution in [0.1, 0.15) is 18.2 Å². The minimum atomic E-state index is -0.107. The summed E-state index contributed by atoms with van der Waals surface area (Å²) in [5, 5.41) is 14.2. The number of aryl methyl sites for hydroxylation is 2. The Kier molecular flexibility index (Phi) is 4.27. The Balaban J connectivity index is 2.08. The first-order chi connectivity index (χ1) is 8.51. The molecule has 0 aliphatic carbocycles. The van der Waals surface area contributed by atoms with Gasteiger partial charge in [-0.2, -0.15) is 5.10 Å². The molecule has 0 amide bonds. The first kappa shape index (κ1) is 13.8. The molecule has 1 aliphatic heterocycles. The Hall–Kier alpha value is -0.620. The molecule has 1 saturated heterocycles. The van der Waals surface area contributed by atoms with E-state index >= 15 is 0 Å². The van der Waals surface area contributed by atoms with Crippen LogP contribution in [0.2, 0.25) is 5.15 Å². The van der Waals surface area contributed by atoms with Crippen LogP contribution >= 0.6 is 11.6 Å². The smallest absolute Gasteiger partial charge is 0.131 e. The quantitative estimate of drug-likeness (QED) is 0.891. The van der Waals surface area contributed by atoms with Crippen LogP contribution in [0.25, 0.3) is 0 Å². The number of morpholine rings is 1. The third-order valence-corrected chi connectivity index (χ3v) is 3.73. The molecule has 0 bridgehead atoms. The first-order valence-corrected chi connectivity index (χ1v) is 6.55. The van der Waals surface area contributed by atoms with Gasteiger partial charge in [-0.15, -0.1) is 0 Å². The summed E-state index contributed by atoms with van der Waals surface area (Å²) in [6, 6.07) is 0. The van der Waals surface area contributed by atoms with Crippen LogP contribution in [0.3, 0.4) is 0 Å². The maximum Gasteiger partial charge on any atom is 0.131 e. The number of hydrogen-bond acceptors (Lipinski definition) is 4. The van der Waals surface area contributed by atoms with Crippen molar-refractivity contribution in [2.75, 3.05) is 19.7 Å². The molecule has 0 spiro atoms. The summed E-state index contributed by atoms with van der Waals surface area (Å²) in [6.07, 6.45) is 0.0242. The fraction of sp³-hybridized carbons (Fsp3) is 0.750. The van der Waals surface area contributed by atoms with E-state index in [1.807, 2.05) is 20.9 Å². The molecule has 1 aliphatic rings. The topological polar surface area (TPSA) is 50.5 Å². The Morgan fingerprint density at radius 3 is 2.78 bits per heavy atom. The minimum absolute atomic E-state index is 0.0561. The van der Waals surface area contributed by atoms with Gasteiger partial charge < -0.3 is 9.84 Å². The Morgan fingerprint density at radius 2 is 2.22 bits per heavy atom. The van der Waals surface area contributed by atoms with Crippen LogP contribution in [0.15, 0.2) is 0 Å². The van der Waals surface area contributed by atoms with E-state index in [1.54, 1.807) is 4.68 Å². The lowest BCUT2D eigenvalue weighted by Gasteiger charge is -2.36. The molecule has 1 aromatic rings. The summed E-state index contributed by atoms with van der Waals surface area (Å²) < 4.78 is 7.32. The Morgan fingerprint density at radius 1 is 1.50 bits per heavy atom. The zero-order valence-electron chi connectivity index (χ0n) is 11.1. The van der Waals surface area contributed by atoms with E-state index in [9.17, 15) is 5.11 Å². The Bertz CT molecular complexity index is 422. The van der Waals surface area contributed by atoms with E-state index in [4.69, 9.17) is 16.3 Å². The number of aromatic nitrogens is 2. The predicted octanol–water partition coefficient (Wildman–Crippen LogP) is 0.964. The molecule has 0 radical (unpaired) electrons. The molecule has 1 fully saturated rings. The fourth-order valence-electron chi connectivity index (χ4n) is 2.45. The first-order valence-electron chi connectivity index (χ1n) is 6.18. The Labute approximate surface area is 112 Å². The van der Waals surface area contributed by atoms with Gasteiger partial charge in [-0.05, 0) is 13.8 Å². The van der Waals surface area contributed by atoms with E-state index in [2.05, 4.69) is 10.00 Å². The molecule has 1 N–H and O–H groups in total. The summed E-state index contributed by atoms with van der Waals surface area (Å²) >= 11 is 6.23. The van der Waals surface area contributed by atoms with Gasteiger partial charge in [0, 0.05) is 32.2 Å². The molecular formula is C12H20ClN3O2. The van der Waals surface area contributed by atoms with Crippen LogP contribution in [-0.2, 0) is 18.3 Å². The van der Waals surface area contributed by atoms with Gasteiger partial charge in [-0.3, -0.25) is 9.58 Å². The van der Waals surface area contributed by atoms with Crippen molar-refractivity contribution in [1.82, 2.24) is 14.7 Å². The lowest BCUT2D eigenvalue weighted by atomic mass is 10.2. The zero-order valence-corrected chi connectivity index (χ0v) is 11.8. The highest BCUT2D eigenvalue weighted by Crippen LogP contribution is 2.22. The van der Waals surface area contributed by atoms with Gasteiger partial charge in [0.25, 0.3) is 0 Å². The second-order valence-corrected chi connectivity index (χ2v) is 5.28. The van der Waals surface area contributed by atoms with Crippen molar-refractivity contribution in [2.24, 2.45) is 7.05 Å². The van der Waals surface area contributed by atoms with Gasteiger partial charge in [0.2, 0.25) is 0 Å². The molecular weight excluding hydrogens is 254 g/mol. The van der Waals surface area contributed by atoms with E-state index in [-0.39, 0.29) is 18.8 Å². The fourth-order valence-corrected chi connectivity index (χ4v) is 2.68. The van der Waals surface area contributed by atoms with Crippen molar-refractivity contribution in [1.29, 1.82) is 0 Å². The minimum Gasteiger partial charge on any atom is -0.394 e. The van der Waals surface area contributed by atoms with E-state index in [0.717, 1.165) is 30.9 Å². The third kappa shape index (κ3) is 2.85. The van der Waals surface area contributed by atoms with Gasteiger partial charge >= 0.3 is 0 Å². The van der Waals surface area contributed by atoms with Crippen LogP contribution < -0.4 is 0 Å². The molecule has 0 saturated carbocycles. The molecule has 2 unspecified atom stereocenters. The normalized spacial score (nSPS) is 25.6. The molecule has 2 atom stereocenters. The summed E-state index contributed by atoms with van der Waals surface area (Å²) in [5.74, 6) is 0. The number of nitrogens with zero attached hydrogens (tertiary/aromatic N) is 3. The molecule has 2 heterocycles. The monoisotopic (exact) mass is 273 g/mol. The summed E-state index contributed by atoms with van der Waals surface area (Å²) in [7, 11) is 1.84. The molecule has 5 nitrogen and oxygen atoms in total. The third-order valence-electron chi connectivity index (χ3n) is 3.26. The highest BCUT2D eigenvalue weighted by atomic mass is 35.5. The lowest BCUT2D eigenvalue weighted by molar-refractivity contribution is -0.0972. The molecule has 0 aromatic carbocycles. The number of rotatable bonds is 3. The number of hydrogen-bond donors (Lipinski definition) is 1.